The van der Waals surface area contributed by atoms with Crippen LogP contribution in [0.4, 0.5) is 15.9 Å². The maximum atomic E-state index is 12.8. The van der Waals surface area contributed by atoms with Gasteiger partial charge >= 0.3 is 0 Å². The first-order chi connectivity index (χ1) is 9.42. The molecule has 5 nitrogen and oxygen atoms in total. The van der Waals surface area contributed by atoms with Crippen molar-refractivity contribution in [2.75, 3.05) is 10.5 Å². The molecule has 0 amide bonds. The van der Waals surface area contributed by atoms with E-state index in [9.17, 15) is 12.8 Å². The lowest BCUT2D eigenvalue weighted by atomic mass is 10.1. The van der Waals surface area contributed by atoms with Gasteiger partial charge in [-0.05, 0) is 36.2 Å². The fraction of sp³-hybridized carbons (Fsp3) is 0.154. The first-order valence-electron chi connectivity index (χ1n) is 5.95. The highest BCUT2D eigenvalue weighted by Gasteiger charge is 2.18. The predicted molar refractivity (Wildman–Crippen MR) is 75.2 cm³/mol. The molecule has 1 heterocycles. The molecule has 0 spiro atoms. The molecule has 7 heteroatoms. The van der Waals surface area contributed by atoms with Gasteiger partial charge in [0.15, 0.2) is 0 Å². The SMILES string of the molecule is CCc1ccc(N)cc1S(=O)(=O)Nc1ccc(F)cn1. The third-order valence-corrected chi connectivity index (χ3v) is 4.16. The van der Waals surface area contributed by atoms with Crippen molar-refractivity contribution < 1.29 is 12.8 Å². The maximum Gasteiger partial charge on any atom is 0.263 e. The van der Waals surface area contributed by atoms with E-state index in [2.05, 4.69) is 9.71 Å². The molecule has 106 valence electrons. The van der Waals surface area contributed by atoms with Crippen LogP contribution in [-0.2, 0) is 16.4 Å². The number of halogens is 1. The van der Waals surface area contributed by atoms with Crippen LogP contribution in [0.5, 0.6) is 0 Å². The number of rotatable bonds is 4. The lowest BCUT2D eigenvalue weighted by molar-refractivity contribution is 0.599. The molecular weight excluding hydrogens is 281 g/mol. The van der Waals surface area contributed by atoms with Gasteiger partial charge in [0, 0.05) is 5.69 Å². The van der Waals surface area contributed by atoms with Crippen molar-refractivity contribution in [2.45, 2.75) is 18.2 Å². The molecule has 0 bridgehead atoms. The molecule has 1 aromatic carbocycles. The quantitative estimate of drug-likeness (QED) is 0.846. The Morgan fingerprint density at radius 2 is 2.05 bits per heavy atom. The number of nitrogen functional groups attached to an aromatic ring is 1. The minimum absolute atomic E-state index is 0.0517. The van der Waals surface area contributed by atoms with Gasteiger partial charge in [-0.1, -0.05) is 13.0 Å². The summed E-state index contributed by atoms with van der Waals surface area (Å²) in [5.74, 6) is -0.484. The molecule has 0 unspecified atom stereocenters. The topological polar surface area (TPSA) is 85.1 Å². The monoisotopic (exact) mass is 295 g/mol. The van der Waals surface area contributed by atoms with Gasteiger partial charge in [0.05, 0.1) is 11.1 Å². The van der Waals surface area contributed by atoms with E-state index in [1.807, 2.05) is 6.92 Å². The number of nitrogens with zero attached hydrogens (tertiary/aromatic N) is 1. The highest BCUT2D eigenvalue weighted by Crippen LogP contribution is 2.22. The Bertz CT molecular complexity index is 715. The van der Waals surface area contributed by atoms with Crippen molar-refractivity contribution in [3.8, 4) is 0 Å². The van der Waals surface area contributed by atoms with Crippen molar-refractivity contribution in [3.63, 3.8) is 0 Å². The minimum atomic E-state index is -3.81. The third-order valence-electron chi connectivity index (χ3n) is 2.73. The fourth-order valence-corrected chi connectivity index (χ4v) is 3.10. The minimum Gasteiger partial charge on any atom is -0.399 e. The van der Waals surface area contributed by atoms with Crippen LogP contribution < -0.4 is 10.5 Å². The van der Waals surface area contributed by atoms with Crippen LogP contribution in [0.15, 0.2) is 41.4 Å². The summed E-state index contributed by atoms with van der Waals surface area (Å²) in [4.78, 5) is 3.77. The van der Waals surface area contributed by atoms with Crippen molar-refractivity contribution in [3.05, 3.63) is 47.9 Å². The molecule has 0 radical (unpaired) electrons. The largest absolute Gasteiger partial charge is 0.399 e. The van der Waals surface area contributed by atoms with Crippen LogP contribution in [0.2, 0.25) is 0 Å². The van der Waals surface area contributed by atoms with Gasteiger partial charge in [0.1, 0.15) is 11.6 Å². The number of nitrogens with one attached hydrogen (secondary N) is 1. The van der Waals surface area contributed by atoms with Crippen LogP contribution in [-0.4, -0.2) is 13.4 Å². The van der Waals surface area contributed by atoms with Crippen LogP contribution in [0, 0.1) is 5.82 Å². The van der Waals surface area contributed by atoms with E-state index in [0.29, 0.717) is 17.7 Å². The molecule has 0 saturated heterocycles. The molecule has 20 heavy (non-hydrogen) atoms. The number of pyridine rings is 1. The summed E-state index contributed by atoms with van der Waals surface area (Å²) in [7, 11) is -3.81. The smallest absolute Gasteiger partial charge is 0.263 e. The summed E-state index contributed by atoms with van der Waals surface area (Å²) in [5, 5.41) is 0. The lowest BCUT2D eigenvalue weighted by Crippen LogP contribution is -2.16. The Morgan fingerprint density at radius 3 is 2.65 bits per heavy atom. The van der Waals surface area contributed by atoms with Gasteiger partial charge in [0.25, 0.3) is 10.0 Å². The normalized spacial score (nSPS) is 11.3. The number of benzene rings is 1. The van der Waals surface area contributed by atoms with Gasteiger partial charge < -0.3 is 5.73 Å². The van der Waals surface area contributed by atoms with Gasteiger partial charge in [-0.3, -0.25) is 4.72 Å². The zero-order valence-corrected chi connectivity index (χ0v) is 11.6. The number of sulfonamides is 1. The Morgan fingerprint density at radius 1 is 1.30 bits per heavy atom. The Labute approximate surface area is 116 Å². The number of hydrogen-bond acceptors (Lipinski definition) is 4. The summed E-state index contributed by atoms with van der Waals surface area (Å²) in [5.41, 5.74) is 6.64. The molecule has 0 aliphatic heterocycles. The van der Waals surface area contributed by atoms with E-state index in [4.69, 9.17) is 5.73 Å². The lowest BCUT2D eigenvalue weighted by Gasteiger charge is -2.11. The highest BCUT2D eigenvalue weighted by atomic mass is 32.2. The molecule has 2 rings (SSSR count). The van der Waals surface area contributed by atoms with E-state index in [-0.39, 0.29) is 10.7 Å². The predicted octanol–water partition coefficient (Wildman–Crippen LogP) is 2.17. The first-order valence-corrected chi connectivity index (χ1v) is 7.43. The summed E-state index contributed by atoms with van der Waals surface area (Å²) in [6.45, 7) is 1.85. The molecule has 0 aliphatic carbocycles. The highest BCUT2D eigenvalue weighted by molar-refractivity contribution is 7.92. The van der Waals surface area contributed by atoms with Crippen molar-refractivity contribution in [2.24, 2.45) is 0 Å². The van der Waals surface area contributed by atoms with Crippen LogP contribution in [0.25, 0.3) is 0 Å². The van der Waals surface area contributed by atoms with Gasteiger partial charge in [0.2, 0.25) is 0 Å². The number of anilines is 2. The zero-order chi connectivity index (χ0) is 14.8. The zero-order valence-electron chi connectivity index (χ0n) is 10.8. The summed E-state index contributed by atoms with van der Waals surface area (Å²) in [6, 6.07) is 7.09. The molecule has 3 N–H and O–H groups in total. The average Bonchev–Trinajstić information content (AvgIpc) is 2.41. The second-order valence-corrected chi connectivity index (χ2v) is 5.84. The van der Waals surface area contributed by atoms with Crippen molar-refractivity contribution in [1.29, 1.82) is 0 Å². The Kier molecular flexibility index (Phi) is 3.89. The number of nitrogens with two attached hydrogens (primary N) is 1. The third kappa shape index (κ3) is 3.05. The molecule has 0 aliphatic rings. The summed E-state index contributed by atoms with van der Waals surface area (Å²) >= 11 is 0. The molecule has 0 atom stereocenters. The van der Waals surface area contributed by atoms with E-state index in [1.165, 1.54) is 12.1 Å². The summed E-state index contributed by atoms with van der Waals surface area (Å²) < 4.78 is 39.7. The average molecular weight is 295 g/mol. The molecule has 0 fully saturated rings. The van der Waals surface area contributed by atoms with E-state index in [0.717, 1.165) is 12.3 Å². The summed E-state index contributed by atoms with van der Waals surface area (Å²) in [6.07, 6.45) is 1.49. The van der Waals surface area contributed by atoms with E-state index < -0.39 is 15.8 Å². The molecule has 0 saturated carbocycles. The Hall–Kier alpha value is -2.15. The van der Waals surface area contributed by atoms with Crippen molar-refractivity contribution in [1.82, 2.24) is 4.98 Å². The number of hydrogen-bond donors (Lipinski definition) is 2. The fourth-order valence-electron chi connectivity index (χ4n) is 1.74. The van der Waals surface area contributed by atoms with Crippen LogP contribution >= 0.6 is 0 Å². The standard InChI is InChI=1S/C13H14FN3O2S/c1-2-9-3-5-11(15)7-12(9)20(18,19)17-13-6-4-10(14)8-16-13/h3-8H,2,15H2,1H3,(H,16,17). The number of aryl methyl sites for hydroxylation is 1. The second-order valence-electron chi connectivity index (χ2n) is 4.19. The number of aromatic nitrogens is 1. The van der Waals surface area contributed by atoms with Crippen LogP contribution in [0.1, 0.15) is 12.5 Å². The maximum absolute atomic E-state index is 12.8. The Balaban J connectivity index is 2.40. The molecular formula is C13H14FN3O2S. The van der Waals surface area contributed by atoms with Gasteiger partial charge in [-0.25, -0.2) is 17.8 Å². The van der Waals surface area contributed by atoms with Gasteiger partial charge in [-0.2, -0.15) is 0 Å². The first kappa shape index (κ1) is 14.3. The van der Waals surface area contributed by atoms with E-state index >= 15 is 0 Å². The molecule has 1 aromatic heterocycles. The second kappa shape index (κ2) is 5.46. The molecule has 2 aromatic rings. The van der Waals surface area contributed by atoms with Gasteiger partial charge in [-0.15, -0.1) is 0 Å². The van der Waals surface area contributed by atoms with Crippen molar-refractivity contribution >= 4 is 21.5 Å². The van der Waals surface area contributed by atoms with Crippen LogP contribution in [0.3, 0.4) is 0 Å². The van der Waals surface area contributed by atoms with E-state index in [1.54, 1.807) is 12.1 Å².